The van der Waals surface area contributed by atoms with E-state index in [-0.39, 0.29) is 17.9 Å². The summed E-state index contributed by atoms with van der Waals surface area (Å²) in [6.07, 6.45) is 7.76. The number of fused-ring (bicyclic) bond motifs is 1. The van der Waals surface area contributed by atoms with Gasteiger partial charge in [0, 0.05) is 25.9 Å². The molecular weight excluding hydrogens is 300 g/mol. The maximum absolute atomic E-state index is 12.2. The van der Waals surface area contributed by atoms with Crippen LogP contribution in [-0.4, -0.2) is 29.8 Å². The van der Waals surface area contributed by atoms with E-state index in [9.17, 15) is 9.59 Å². The fraction of sp³-hybridized carbons (Fsp3) is 0.600. The van der Waals surface area contributed by atoms with Crippen molar-refractivity contribution in [3.63, 3.8) is 0 Å². The monoisotopic (exact) mass is 328 g/mol. The zero-order valence-electron chi connectivity index (χ0n) is 14.6. The Balaban J connectivity index is 1.46. The number of nitrogens with one attached hydrogen (secondary N) is 1. The van der Waals surface area contributed by atoms with Gasteiger partial charge in [-0.3, -0.25) is 9.59 Å². The number of likely N-dealkylation sites (tertiary alicyclic amines) is 1. The summed E-state index contributed by atoms with van der Waals surface area (Å²) in [7, 11) is 0. The van der Waals surface area contributed by atoms with E-state index in [0.717, 1.165) is 25.8 Å². The summed E-state index contributed by atoms with van der Waals surface area (Å²) in [5, 5.41) is 3.10. The van der Waals surface area contributed by atoms with Crippen LogP contribution in [0.1, 0.15) is 68.2 Å². The summed E-state index contributed by atoms with van der Waals surface area (Å²) in [5.41, 5.74) is 4.12. The lowest BCUT2D eigenvalue weighted by molar-refractivity contribution is -0.128. The van der Waals surface area contributed by atoms with Crippen molar-refractivity contribution >= 4 is 11.8 Å². The number of hydrogen-bond acceptors (Lipinski definition) is 2. The standard InChI is InChI=1S/C20H28N2O2/c1-15(17-11-10-16-6-2-3-7-18(16)14-17)21-19(23)8-4-12-22-13-5-9-20(22)24/h10-11,14-15H,2-9,12-13H2,1H3,(H,21,23). The summed E-state index contributed by atoms with van der Waals surface area (Å²) < 4.78 is 0. The summed E-state index contributed by atoms with van der Waals surface area (Å²) >= 11 is 0. The molecule has 1 heterocycles. The highest BCUT2D eigenvalue weighted by atomic mass is 16.2. The third-order valence-corrected chi connectivity index (χ3v) is 5.25. The van der Waals surface area contributed by atoms with Crippen LogP contribution in [0.4, 0.5) is 0 Å². The highest BCUT2D eigenvalue weighted by molar-refractivity contribution is 5.78. The van der Waals surface area contributed by atoms with Crippen molar-refractivity contribution in [2.24, 2.45) is 0 Å². The number of nitrogens with zero attached hydrogens (tertiary/aromatic N) is 1. The van der Waals surface area contributed by atoms with Gasteiger partial charge in [-0.25, -0.2) is 0 Å². The molecule has 0 saturated carbocycles. The Kier molecular flexibility index (Phi) is 5.54. The molecule has 0 aromatic heterocycles. The first kappa shape index (κ1) is 17.0. The summed E-state index contributed by atoms with van der Waals surface area (Å²) in [4.78, 5) is 25.6. The number of benzene rings is 1. The van der Waals surface area contributed by atoms with Gasteiger partial charge in [-0.15, -0.1) is 0 Å². The maximum atomic E-state index is 12.2. The van der Waals surface area contributed by atoms with Gasteiger partial charge in [0.15, 0.2) is 0 Å². The molecule has 4 heteroatoms. The number of aryl methyl sites for hydroxylation is 2. The van der Waals surface area contributed by atoms with Crippen molar-refractivity contribution in [1.82, 2.24) is 10.2 Å². The third-order valence-electron chi connectivity index (χ3n) is 5.25. The summed E-state index contributed by atoms with van der Waals surface area (Å²) in [6.45, 7) is 3.61. The van der Waals surface area contributed by atoms with Crippen LogP contribution in [0.25, 0.3) is 0 Å². The van der Waals surface area contributed by atoms with Crippen LogP contribution in [0.2, 0.25) is 0 Å². The van der Waals surface area contributed by atoms with Gasteiger partial charge < -0.3 is 10.2 Å². The number of carbonyl (C=O) groups excluding carboxylic acids is 2. The maximum Gasteiger partial charge on any atom is 0.222 e. The van der Waals surface area contributed by atoms with Crippen LogP contribution in [-0.2, 0) is 22.4 Å². The molecule has 1 aromatic rings. The van der Waals surface area contributed by atoms with Crippen LogP contribution in [0, 0.1) is 0 Å². The van der Waals surface area contributed by atoms with E-state index < -0.39 is 0 Å². The van der Waals surface area contributed by atoms with Crippen LogP contribution in [0.3, 0.4) is 0 Å². The van der Waals surface area contributed by atoms with Crippen molar-refractivity contribution in [1.29, 1.82) is 0 Å². The van der Waals surface area contributed by atoms with Crippen LogP contribution in [0.15, 0.2) is 18.2 Å². The number of rotatable bonds is 6. The Labute approximate surface area is 144 Å². The van der Waals surface area contributed by atoms with Crippen molar-refractivity contribution in [3.8, 4) is 0 Å². The molecule has 1 aromatic carbocycles. The minimum atomic E-state index is 0.0399. The largest absolute Gasteiger partial charge is 0.350 e. The van der Waals surface area contributed by atoms with Crippen LogP contribution >= 0.6 is 0 Å². The van der Waals surface area contributed by atoms with E-state index >= 15 is 0 Å². The second-order valence-corrected chi connectivity index (χ2v) is 7.11. The molecule has 0 spiro atoms. The molecule has 1 saturated heterocycles. The summed E-state index contributed by atoms with van der Waals surface area (Å²) in [5.74, 6) is 0.310. The van der Waals surface area contributed by atoms with Gasteiger partial charge in [-0.1, -0.05) is 18.2 Å². The molecule has 130 valence electrons. The lowest BCUT2D eigenvalue weighted by Gasteiger charge is -2.20. The van der Waals surface area contributed by atoms with Gasteiger partial charge in [0.25, 0.3) is 0 Å². The van der Waals surface area contributed by atoms with Gasteiger partial charge in [-0.05, 0) is 62.1 Å². The van der Waals surface area contributed by atoms with E-state index in [2.05, 4.69) is 23.5 Å². The van der Waals surface area contributed by atoms with Gasteiger partial charge in [-0.2, -0.15) is 0 Å². The average molecular weight is 328 g/mol. The first-order valence-corrected chi connectivity index (χ1v) is 9.32. The third kappa shape index (κ3) is 4.16. The van der Waals surface area contributed by atoms with Crippen LogP contribution in [0.5, 0.6) is 0 Å². The van der Waals surface area contributed by atoms with Crippen molar-refractivity contribution < 1.29 is 9.59 Å². The molecule has 2 aliphatic rings. The summed E-state index contributed by atoms with van der Waals surface area (Å²) in [6, 6.07) is 6.68. The molecule has 24 heavy (non-hydrogen) atoms. The van der Waals surface area contributed by atoms with Gasteiger partial charge in [0.1, 0.15) is 0 Å². The molecule has 3 rings (SSSR count). The smallest absolute Gasteiger partial charge is 0.222 e. The molecule has 4 nitrogen and oxygen atoms in total. The van der Waals surface area contributed by atoms with E-state index in [4.69, 9.17) is 0 Å². The molecule has 1 N–H and O–H groups in total. The first-order valence-electron chi connectivity index (χ1n) is 9.32. The SMILES string of the molecule is CC(NC(=O)CCCN1CCCC1=O)c1ccc2c(c1)CCCC2. The Bertz CT molecular complexity index is 612. The van der Waals surface area contributed by atoms with Crippen molar-refractivity contribution in [2.45, 2.75) is 64.3 Å². The second kappa shape index (κ2) is 7.82. The molecule has 1 aliphatic carbocycles. The molecule has 1 atom stereocenters. The predicted molar refractivity (Wildman–Crippen MR) is 94.7 cm³/mol. The zero-order valence-corrected chi connectivity index (χ0v) is 14.6. The highest BCUT2D eigenvalue weighted by Crippen LogP contribution is 2.24. The Morgan fingerprint density at radius 3 is 2.71 bits per heavy atom. The van der Waals surface area contributed by atoms with Gasteiger partial charge >= 0.3 is 0 Å². The van der Waals surface area contributed by atoms with E-state index in [0.29, 0.717) is 19.4 Å². The topological polar surface area (TPSA) is 49.4 Å². The predicted octanol–water partition coefficient (Wildman–Crippen LogP) is 3.15. The Hall–Kier alpha value is -1.84. The van der Waals surface area contributed by atoms with Crippen LogP contribution < -0.4 is 5.32 Å². The quantitative estimate of drug-likeness (QED) is 0.872. The average Bonchev–Trinajstić information content (AvgIpc) is 2.99. The van der Waals surface area contributed by atoms with Crippen molar-refractivity contribution in [3.05, 3.63) is 34.9 Å². The molecule has 0 radical (unpaired) electrons. The fourth-order valence-corrected chi connectivity index (χ4v) is 3.79. The van der Waals surface area contributed by atoms with Gasteiger partial charge in [0.05, 0.1) is 6.04 Å². The Morgan fingerprint density at radius 2 is 1.96 bits per heavy atom. The van der Waals surface area contributed by atoms with E-state index in [1.807, 2.05) is 11.8 Å². The Morgan fingerprint density at radius 1 is 1.17 bits per heavy atom. The second-order valence-electron chi connectivity index (χ2n) is 7.11. The van der Waals surface area contributed by atoms with E-state index in [1.54, 1.807) is 0 Å². The van der Waals surface area contributed by atoms with Crippen molar-refractivity contribution in [2.75, 3.05) is 13.1 Å². The minimum absolute atomic E-state index is 0.0399. The molecule has 0 bridgehead atoms. The normalized spacial score (nSPS) is 18.4. The first-order chi connectivity index (χ1) is 11.6. The van der Waals surface area contributed by atoms with E-state index in [1.165, 1.54) is 36.0 Å². The molecular formula is C20H28N2O2. The number of carbonyl (C=O) groups is 2. The molecule has 1 unspecified atom stereocenters. The zero-order chi connectivity index (χ0) is 16.9. The molecule has 1 aliphatic heterocycles. The highest BCUT2D eigenvalue weighted by Gasteiger charge is 2.20. The fourth-order valence-electron chi connectivity index (χ4n) is 3.79. The number of hydrogen-bond donors (Lipinski definition) is 1. The number of amides is 2. The van der Waals surface area contributed by atoms with Gasteiger partial charge in [0.2, 0.25) is 11.8 Å². The lowest BCUT2D eigenvalue weighted by atomic mass is 9.89. The minimum Gasteiger partial charge on any atom is -0.350 e. The molecule has 1 fully saturated rings. The lowest BCUT2D eigenvalue weighted by Crippen LogP contribution is -2.29. The molecule has 2 amide bonds.